The summed E-state index contributed by atoms with van der Waals surface area (Å²) in [6.07, 6.45) is 7.07. The number of amides is 1. The lowest BCUT2D eigenvalue weighted by molar-refractivity contribution is -0.121. The molecule has 0 fully saturated rings. The van der Waals surface area contributed by atoms with E-state index >= 15 is 0 Å². The van der Waals surface area contributed by atoms with Crippen LogP contribution in [0.2, 0.25) is 0 Å². The Balaban J connectivity index is 1.63. The number of imidazole rings is 1. The summed E-state index contributed by atoms with van der Waals surface area (Å²) in [4.78, 5) is 22.7. The highest BCUT2D eigenvalue weighted by Gasteiger charge is 2.02. The summed E-state index contributed by atoms with van der Waals surface area (Å²) in [7, 11) is 0. The van der Waals surface area contributed by atoms with Gasteiger partial charge in [0.05, 0.1) is 6.33 Å². The van der Waals surface area contributed by atoms with Gasteiger partial charge in [0, 0.05) is 43.2 Å². The number of carbonyl (C=O) groups excluding carboxylic acids is 1. The van der Waals surface area contributed by atoms with Crippen molar-refractivity contribution >= 4 is 5.91 Å². The van der Waals surface area contributed by atoms with Gasteiger partial charge >= 0.3 is 0 Å². The molecular formula is C13H16N4O. The zero-order valence-electron chi connectivity index (χ0n) is 10.1. The number of aryl methyl sites for hydroxylation is 1. The molecule has 18 heavy (non-hydrogen) atoms. The number of hydrogen-bond donors (Lipinski definition) is 2. The van der Waals surface area contributed by atoms with Crippen molar-refractivity contribution in [3.8, 4) is 0 Å². The number of aromatic nitrogens is 3. The maximum atomic E-state index is 11.6. The number of pyridine rings is 1. The highest BCUT2D eigenvalue weighted by atomic mass is 16.1. The van der Waals surface area contributed by atoms with Gasteiger partial charge in [0.2, 0.25) is 5.91 Å². The monoisotopic (exact) mass is 244 g/mol. The van der Waals surface area contributed by atoms with Gasteiger partial charge in [0.15, 0.2) is 0 Å². The Morgan fingerprint density at radius 3 is 3.00 bits per heavy atom. The molecule has 2 aromatic rings. The standard InChI is InChI=1S/C13H16N4O/c18-13(5-4-11-3-1-2-7-15-11)16-8-6-12-9-14-10-17-12/h1-3,7,9-10H,4-6,8H2,(H,14,17)(H,16,18). The minimum Gasteiger partial charge on any atom is -0.356 e. The van der Waals surface area contributed by atoms with Crippen LogP contribution in [0.3, 0.4) is 0 Å². The predicted molar refractivity (Wildman–Crippen MR) is 67.9 cm³/mol. The highest BCUT2D eigenvalue weighted by molar-refractivity contribution is 5.76. The molecule has 2 rings (SSSR count). The molecule has 0 spiro atoms. The molecule has 0 saturated heterocycles. The molecule has 0 atom stereocenters. The Bertz CT molecular complexity index is 467. The molecule has 0 aromatic carbocycles. The van der Waals surface area contributed by atoms with Crippen molar-refractivity contribution in [2.45, 2.75) is 19.3 Å². The van der Waals surface area contributed by atoms with Crippen molar-refractivity contribution in [1.29, 1.82) is 0 Å². The molecule has 0 aliphatic carbocycles. The number of hydrogen-bond acceptors (Lipinski definition) is 3. The van der Waals surface area contributed by atoms with Crippen LogP contribution in [0.4, 0.5) is 0 Å². The number of rotatable bonds is 6. The summed E-state index contributed by atoms with van der Waals surface area (Å²) in [5.41, 5.74) is 1.97. The van der Waals surface area contributed by atoms with Gasteiger partial charge in [0.25, 0.3) is 0 Å². The van der Waals surface area contributed by atoms with Crippen molar-refractivity contribution in [1.82, 2.24) is 20.3 Å². The van der Waals surface area contributed by atoms with Crippen LogP contribution >= 0.6 is 0 Å². The Labute approximate surface area is 106 Å². The van der Waals surface area contributed by atoms with Gasteiger partial charge in [-0.1, -0.05) is 6.07 Å². The predicted octanol–water partition coefficient (Wildman–Crippen LogP) is 1.10. The van der Waals surface area contributed by atoms with Crippen LogP contribution in [0.25, 0.3) is 0 Å². The molecule has 1 amide bonds. The third-order valence-corrected chi connectivity index (χ3v) is 2.61. The Morgan fingerprint density at radius 1 is 1.33 bits per heavy atom. The molecule has 5 nitrogen and oxygen atoms in total. The minimum atomic E-state index is 0.0557. The van der Waals surface area contributed by atoms with E-state index in [0.29, 0.717) is 19.4 Å². The second kappa shape index (κ2) is 6.54. The maximum absolute atomic E-state index is 11.6. The number of aromatic amines is 1. The molecule has 94 valence electrons. The largest absolute Gasteiger partial charge is 0.356 e. The average Bonchev–Trinajstić information content (AvgIpc) is 2.91. The van der Waals surface area contributed by atoms with E-state index in [1.165, 1.54) is 0 Å². The summed E-state index contributed by atoms with van der Waals surface area (Å²) < 4.78 is 0. The molecule has 2 N–H and O–H groups in total. The molecule has 2 heterocycles. The van der Waals surface area contributed by atoms with Gasteiger partial charge < -0.3 is 10.3 Å². The Morgan fingerprint density at radius 2 is 2.28 bits per heavy atom. The highest BCUT2D eigenvalue weighted by Crippen LogP contribution is 1.98. The fraction of sp³-hybridized carbons (Fsp3) is 0.308. The van der Waals surface area contributed by atoms with Gasteiger partial charge in [-0.2, -0.15) is 0 Å². The van der Waals surface area contributed by atoms with Crippen LogP contribution in [-0.4, -0.2) is 27.4 Å². The van der Waals surface area contributed by atoms with Gasteiger partial charge in [-0.3, -0.25) is 9.78 Å². The van der Waals surface area contributed by atoms with Crippen LogP contribution in [0.15, 0.2) is 36.9 Å². The quantitative estimate of drug-likeness (QED) is 0.799. The van der Waals surface area contributed by atoms with Gasteiger partial charge in [-0.05, 0) is 18.6 Å². The first-order chi connectivity index (χ1) is 8.84. The van der Waals surface area contributed by atoms with Crippen molar-refractivity contribution in [2.24, 2.45) is 0 Å². The molecule has 2 aromatic heterocycles. The first-order valence-corrected chi connectivity index (χ1v) is 5.98. The lowest BCUT2D eigenvalue weighted by Gasteiger charge is -2.04. The third-order valence-electron chi connectivity index (χ3n) is 2.61. The normalized spacial score (nSPS) is 10.2. The number of carbonyl (C=O) groups is 1. The topological polar surface area (TPSA) is 70.7 Å². The Kier molecular flexibility index (Phi) is 4.46. The fourth-order valence-corrected chi connectivity index (χ4v) is 1.63. The molecule has 0 radical (unpaired) electrons. The zero-order chi connectivity index (χ0) is 12.6. The number of nitrogens with one attached hydrogen (secondary N) is 2. The molecule has 0 unspecified atom stereocenters. The van der Waals surface area contributed by atoms with Crippen LogP contribution < -0.4 is 5.32 Å². The molecule has 5 heteroatoms. The number of nitrogens with zero attached hydrogens (tertiary/aromatic N) is 2. The summed E-state index contributed by atoms with van der Waals surface area (Å²) in [6, 6.07) is 5.73. The first kappa shape index (κ1) is 12.3. The fourth-order valence-electron chi connectivity index (χ4n) is 1.63. The summed E-state index contributed by atoms with van der Waals surface area (Å²) >= 11 is 0. The van der Waals surface area contributed by atoms with E-state index in [1.807, 2.05) is 18.2 Å². The van der Waals surface area contributed by atoms with Crippen LogP contribution in [0, 0.1) is 0 Å². The van der Waals surface area contributed by atoms with E-state index in [4.69, 9.17) is 0 Å². The summed E-state index contributed by atoms with van der Waals surface area (Å²) in [5, 5.41) is 2.88. The van der Waals surface area contributed by atoms with E-state index in [-0.39, 0.29) is 5.91 Å². The summed E-state index contributed by atoms with van der Waals surface area (Å²) in [6.45, 7) is 0.628. The van der Waals surface area contributed by atoms with E-state index < -0.39 is 0 Å². The van der Waals surface area contributed by atoms with E-state index in [9.17, 15) is 4.79 Å². The Hall–Kier alpha value is -2.17. The molecular weight excluding hydrogens is 228 g/mol. The van der Waals surface area contributed by atoms with E-state index in [2.05, 4.69) is 20.3 Å². The van der Waals surface area contributed by atoms with Crippen molar-refractivity contribution in [3.05, 3.63) is 48.3 Å². The lowest BCUT2D eigenvalue weighted by Crippen LogP contribution is -2.26. The first-order valence-electron chi connectivity index (χ1n) is 5.98. The molecule has 0 bridgehead atoms. The average molecular weight is 244 g/mol. The molecule has 0 aliphatic rings. The van der Waals surface area contributed by atoms with Crippen LogP contribution in [0.1, 0.15) is 17.8 Å². The zero-order valence-corrected chi connectivity index (χ0v) is 10.1. The maximum Gasteiger partial charge on any atom is 0.220 e. The summed E-state index contributed by atoms with van der Waals surface area (Å²) in [5.74, 6) is 0.0557. The SMILES string of the molecule is O=C(CCc1ccccn1)NCCc1cnc[nH]1. The lowest BCUT2D eigenvalue weighted by atomic mass is 10.2. The molecule has 0 saturated carbocycles. The van der Waals surface area contributed by atoms with E-state index in [1.54, 1.807) is 18.7 Å². The van der Waals surface area contributed by atoms with Gasteiger partial charge in [0.1, 0.15) is 0 Å². The van der Waals surface area contributed by atoms with Crippen molar-refractivity contribution in [2.75, 3.05) is 6.54 Å². The van der Waals surface area contributed by atoms with Gasteiger partial charge in [-0.25, -0.2) is 4.98 Å². The number of H-pyrrole nitrogens is 1. The molecule has 0 aliphatic heterocycles. The minimum absolute atomic E-state index is 0.0557. The smallest absolute Gasteiger partial charge is 0.220 e. The van der Waals surface area contributed by atoms with Crippen LogP contribution in [0.5, 0.6) is 0 Å². The third kappa shape index (κ3) is 4.01. The van der Waals surface area contributed by atoms with Crippen molar-refractivity contribution < 1.29 is 4.79 Å². The van der Waals surface area contributed by atoms with Gasteiger partial charge in [-0.15, -0.1) is 0 Å². The van der Waals surface area contributed by atoms with E-state index in [0.717, 1.165) is 17.8 Å². The van der Waals surface area contributed by atoms with Crippen molar-refractivity contribution in [3.63, 3.8) is 0 Å². The second-order valence-corrected chi connectivity index (χ2v) is 4.00. The second-order valence-electron chi connectivity index (χ2n) is 4.00. The van der Waals surface area contributed by atoms with Crippen LogP contribution in [-0.2, 0) is 17.6 Å².